The van der Waals surface area contributed by atoms with Crippen molar-refractivity contribution >= 4 is 6.21 Å². The van der Waals surface area contributed by atoms with Crippen LogP contribution >= 0.6 is 0 Å². The van der Waals surface area contributed by atoms with Crippen LogP contribution < -0.4 is 0 Å². The van der Waals surface area contributed by atoms with Gasteiger partial charge in [0.1, 0.15) is 0 Å². The molecule has 1 unspecified atom stereocenters. The van der Waals surface area contributed by atoms with Crippen LogP contribution in [-0.2, 0) is 0 Å². The fraction of sp³-hybridized carbons (Fsp3) is 0.625. The Hall–Kier alpha value is -0.660. The van der Waals surface area contributed by atoms with Crippen LogP contribution in [0.5, 0.6) is 0 Å². The molecule has 0 bridgehead atoms. The van der Waals surface area contributed by atoms with E-state index in [9.17, 15) is 4.39 Å². The van der Waals surface area contributed by atoms with Crippen molar-refractivity contribution in [2.45, 2.75) is 27.2 Å². The SMILES string of the molecule is C/C=C(F)\N=C/C(C)CC. The van der Waals surface area contributed by atoms with Gasteiger partial charge in [0.15, 0.2) is 0 Å². The molecule has 0 heterocycles. The van der Waals surface area contributed by atoms with E-state index in [1.54, 1.807) is 13.1 Å². The number of rotatable bonds is 3. The van der Waals surface area contributed by atoms with E-state index in [1.807, 2.05) is 13.8 Å². The second-order valence-electron chi connectivity index (χ2n) is 2.28. The maximum absolute atomic E-state index is 12.3. The lowest BCUT2D eigenvalue weighted by Gasteiger charge is -1.96. The first-order valence-corrected chi connectivity index (χ1v) is 3.56. The van der Waals surface area contributed by atoms with Crippen LogP contribution in [0.4, 0.5) is 4.39 Å². The molecule has 10 heavy (non-hydrogen) atoms. The Bertz CT molecular complexity index is 138. The van der Waals surface area contributed by atoms with E-state index in [2.05, 4.69) is 4.99 Å². The third kappa shape index (κ3) is 4.24. The van der Waals surface area contributed by atoms with Crippen LogP contribution in [0, 0.1) is 5.92 Å². The van der Waals surface area contributed by atoms with Gasteiger partial charge in [-0.05, 0) is 25.3 Å². The summed E-state index contributed by atoms with van der Waals surface area (Å²) in [7, 11) is 0. The first-order chi connectivity index (χ1) is 4.70. The van der Waals surface area contributed by atoms with Crippen molar-refractivity contribution in [2.24, 2.45) is 10.9 Å². The fourth-order valence-corrected chi connectivity index (χ4v) is 0.378. The van der Waals surface area contributed by atoms with Crippen molar-refractivity contribution in [1.82, 2.24) is 0 Å². The van der Waals surface area contributed by atoms with Crippen molar-refractivity contribution in [3.05, 3.63) is 12.0 Å². The Morgan fingerprint density at radius 3 is 2.70 bits per heavy atom. The normalized spacial score (nSPS) is 16.2. The lowest BCUT2D eigenvalue weighted by molar-refractivity contribution is 0.623. The van der Waals surface area contributed by atoms with E-state index in [0.29, 0.717) is 5.92 Å². The highest BCUT2D eigenvalue weighted by Crippen LogP contribution is 2.00. The van der Waals surface area contributed by atoms with Crippen molar-refractivity contribution in [3.63, 3.8) is 0 Å². The zero-order chi connectivity index (χ0) is 7.98. The Labute approximate surface area is 61.7 Å². The van der Waals surface area contributed by atoms with E-state index in [0.717, 1.165) is 6.42 Å². The number of hydrogen-bond acceptors (Lipinski definition) is 1. The molecule has 0 amide bonds. The Morgan fingerprint density at radius 2 is 2.30 bits per heavy atom. The van der Waals surface area contributed by atoms with Crippen molar-refractivity contribution in [1.29, 1.82) is 0 Å². The zero-order valence-corrected chi connectivity index (χ0v) is 6.76. The van der Waals surface area contributed by atoms with Crippen LogP contribution in [0.25, 0.3) is 0 Å². The maximum atomic E-state index is 12.3. The molecule has 2 heteroatoms. The minimum Gasteiger partial charge on any atom is -0.233 e. The largest absolute Gasteiger partial charge is 0.233 e. The second kappa shape index (κ2) is 5.15. The number of halogens is 1. The average Bonchev–Trinajstić information content (AvgIpc) is 1.99. The van der Waals surface area contributed by atoms with Crippen molar-refractivity contribution in [2.75, 3.05) is 0 Å². The van der Waals surface area contributed by atoms with Gasteiger partial charge in [0.05, 0.1) is 0 Å². The zero-order valence-electron chi connectivity index (χ0n) is 6.76. The molecule has 1 atom stereocenters. The van der Waals surface area contributed by atoms with Gasteiger partial charge in [-0.1, -0.05) is 13.8 Å². The summed E-state index contributed by atoms with van der Waals surface area (Å²) in [5.41, 5.74) is 0. The molecule has 0 aromatic carbocycles. The van der Waals surface area contributed by atoms with Crippen LogP contribution in [-0.4, -0.2) is 6.21 Å². The topological polar surface area (TPSA) is 12.4 Å². The van der Waals surface area contributed by atoms with Gasteiger partial charge in [0.2, 0.25) is 5.95 Å². The minimum atomic E-state index is -0.402. The predicted molar refractivity (Wildman–Crippen MR) is 42.8 cm³/mol. The molecule has 0 aromatic heterocycles. The van der Waals surface area contributed by atoms with Gasteiger partial charge in [0, 0.05) is 6.21 Å². The molecule has 0 spiro atoms. The van der Waals surface area contributed by atoms with Crippen LogP contribution in [0.3, 0.4) is 0 Å². The van der Waals surface area contributed by atoms with Gasteiger partial charge in [0.25, 0.3) is 0 Å². The second-order valence-corrected chi connectivity index (χ2v) is 2.28. The van der Waals surface area contributed by atoms with Gasteiger partial charge in [-0.2, -0.15) is 4.39 Å². The van der Waals surface area contributed by atoms with Crippen LogP contribution in [0.2, 0.25) is 0 Å². The summed E-state index contributed by atoms with van der Waals surface area (Å²) < 4.78 is 12.3. The van der Waals surface area contributed by atoms with E-state index in [1.165, 1.54) is 6.08 Å². The minimum absolute atomic E-state index is 0.366. The molecule has 0 fully saturated rings. The van der Waals surface area contributed by atoms with Gasteiger partial charge in [-0.3, -0.25) is 0 Å². The Kier molecular flexibility index (Phi) is 4.81. The Balaban J connectivity index is 3.75. The molecule has 0 saturated carbocycles. The number of hydrogen-bond donors (Lipinski definition) is 0. The van der Waals surface area contributed by atoms with Gasteiger partial charge >= 0.3 is 0 Å². The molecule has 58 valence electrons. The molecule has 0 aliphatic heterocycles. The predicted octanol–water partition coefficient (Wildman–Crippen LogP) is 2.93. The summed E-state index contributed by atoms with van der Waals surface area (Å²) in [6.07, 6.45) is 3.98. The highest BCUT2D eigenvalue weighted by molar-refractivity contribution is 5.61. The monoisotopic (exact) mass is 143 g/mol. The lowest BCUT2D eigenvalue weighted by Crippen LogP contribution is -1.91. The van der Waals surface area contributed by atoms with Gasteiger partial charge in [-0.25, -0.2) is 4.99 Å². The molecule has 0 N–H and O–H groups in total. The third-order valence-corrected chi connectivity index (χ3v) is 1.33. The molecule has 1 nitrogen and oxygen atoms in total. The van der Waals surface area contributed by atoms with Crippen LogP contribution in [0.1, 0.15) is 27.2 Å². The van der Waals surface area contributed by atoms with Crippen molar-refractivity contribution < 1.29 is 4.39 Å². The Morgan fingerprint density at radius 1 is 1.70 bits per heavy atom. The van der Waals surface area contributed by atoms with Crippen molar-refractivity contribution in [3.8, 4) is 0 Å². The number of aliphatic imine (C=N–C) groups is 1. The smallest absolute Gasteiger partial charge is 0.208 e. The molecule has 0 radical (unpaired) electrons. The van der Waals surface area contributed by atoms with E-state index in [4.69, 9.17) is 0 Å². The summed E-state index contributed by atoms with van der Waals surface area (Å²) >= 11 is 0. The lowest BCUT2D eigenvalue weighted by atomic mass is 10.1. The number of allylic oxidation sites excluding steroid dienone is 1. The molecular formula is C8H14FN. The standard InChI is InChI=1S/C8H14FN/c1-4-7(3)6-10-8(9)5-2/h5-7H,4H2,1-3H3/b8-5-,10-6-. The molecule has 0 saturated heterocycles. The first kappa shape index (κ1) is 9.34. The summed E-state index contributed by atoms with van der Waals surface area (Å²) in [5.74, 6) is -0.0361. The third-order valence-electron chi connectivity index (χ3n) is 1.33. The summed E-state index contributed by atoms with van der Waals surface area (Å²) in [6.45, 7) is 5.68. The van der Waals surface area contributed by atoms with E-state index >= 15 is 0 Å². The highest BCUT2D eigenvalue weighted by Gasteiger charge is 1.91. The first-order valence-electron chi connectivity index (χ1n) is 3.56. The molecule has 0 aromatic rings. The molecule has 0 aliphatic rings. The number of nitrogens with zero attached hydrogens (tertiary/aromatic N) is 1. The fourth-order valence-electron chi connectivity index (χ4n) is 0.378. The molecule has 0 aliphatic carbocycles. The van der Waals surface area contributed by atoms with Gasteiger partial charge in [-0.15, -0.1) is 0 Å². The molecular weight excluding hydrogens is 129 g/mol. The van der Waals surface area contributed by atoms with E-state index in [-0.39, 0.29) is 0 Å². The average molecular weight is 143 g/mol. The molecule has 0 rings (SSSR count). The van der Waals surface area contributed by atoms with Crippen LogP contribution in [0.15, 0.2) is 17.0 Å². The summed E-state index contributed by atoms with van der Waals surface area (Å²) in [4.78, 5) is 3.58. The highest BCUT2D eigenvalue weighted by atomic mass is 19.1. The summed E-state index contributed by atoms with van der Waals surface area (Å²) in [5, 5.41) is 0. The van der Waals surface area contributed by atoms with E-state index < -0.39 is 5.95 Å². The maximum Gasteiger partial charge on any atom is 0.208 e. The van der Waals surface area contributed by atoms with Gasteiger partial charge < -0.3 is 0 Å². The quantitative estimate of drug-likeness (QED) is 0.425. The summed E-state index contributed by atoms with van der Waals surface area (Å²) in [6, 6.07) is 0.